The smallest absolute Gasteiger partial charge is 0.0844 e. The van der Waals surface area contributed by atoms with Gasteiger partial charge >= 0.3 is 0 Å². The number of hydrogen-bond acceptors (Lipinski definition) is 5. The summed E-state index contributed by atoms with van der Waals surface area (Å²) in [5.74, 6) is 0. The van der Waals surface area contributed by atoms with Crippen LogP contribution in [-0.4, -0.2) is 45.0 Å². The average molecular weight is 274 g/mol. The van der Waals surface area contributed by atoms with Gasteiger partial charge in [0.15, 0.2) is 0 Å². The van der Waals surface area contributed by atoms with Gasteiger partial charge in [-0.1, -0.05) is 11.6 Å². The van der Waals surface area contributed by atoms with Crippen LogP contribution in [0.2, 0.25) is 5.02 Å². The fourth-order valence-electron chi connectivity index (χ4n) is 1.82. The third-order valence-electron chi connectivity index (χ3n) is 2.66. The van der Waals surface area contributed by atoms with Crippen molar-refractivity contribution in [3.8, 4) is 0 Å². The molecule has 0 aliphatic heterocycles. The fraction of sp³-hybridized carbons (Fsp3) is 0.583. The van der Waals surface area contributed by atoms with E-state index in [9.17, 15) is 0 Å². The highest BCUT2D eigenvalue weighted by molar-refractivity contribution is 6.33. The van der Waals surface area contributed by atoms with Gasteiger partial charge in [0.25, 0.3) is 0 Å². The number of anilines is 2. The molecule has 1 aromatic heterocycles. The first-order valence-electron chi connectivity index (χ1n) is 5.75. The summed E-state index contributed by atoms with van der Waals surface area (Å²) < 4.78 is 10.3. The number of nitrogens with two attached hydrogens (primary N) is 1. The molecule has 1 unspecified atom stereocenters. The van der Waals surface area contributed by atoms with E-state index in [1.165, 1.54) is 0 Å². The van der Waals surface area contributed by atoms with Crippen molar-refractivity contribution < 1.29 is 9.47 Å². The topological polar surface area (TPSA) is 60.6 Å². The molecule has 0 aromatic carbocycles. The molecule has 18 heavy (non-hydrogen) atoms. The number of halogens is 1. The number of ether oxygens (including phenoxy) is 2. The monoisotopic (exact) mass is 273 g/mol. The lowest BCUT2D eigenvalue weighted by molar-refractivity contribution is 0.171. The molecule has 0 radical (unpaired) electrons. The highest BCUT2D eigenvalue weighted by Gasteiger charge is 2.19. The Morgan fingerprint density at radius 2 is 2.11 bits per heavy atom. The molecule has 0 aliphatic carbocycles. The first-order valence-corrected chi connectivity index (χ1v) is 6.13. The number of pyridine rings is 1. The summed E-state index contributed by atoms with van der Waals surface area (Å²) in [6, 6.07) is 0.146. The Hall–Kier alpha value is -1.04. The minimum absolute atomic E-state index is 0.146. The maximum Gasteiger partial charge on any atom is 0.0844 e. The van der Waals surface area contributed by atoms with Crippen molar-refractivity contribution in [2.24, 2.45) is 0 Å². The molecule has 5 nitrogen and oxygen atoms in total. The van der Waals surface area contributed by atoms with E-state index in [2.05, 4.69) is 16.8 Å². The Bertz CT molecular complexity index is 356. The van der Waals surface area contributed by atoms with E-state index in [0.717, 1.165) is 5.69 Å². The SMILES string of the molecule is COCCN(c1c(N)cncc1Cl)C(C)COC. The molecule has 1 atom stereocenters. The van der Waals surface area contributed by atoms with E-state index >= 15 is 0 Å². The molecule has 0 fully saturated rings. The van der Waals surface area contributed by atoms with E-state index in [-0.39, 0.29) is 6.04 Å². The second-order valence-electron chi connectivity index (χ2n) is 4.05. The average Bonchev–Trinajstić information content (AvgIpc) is 2.33. The molecule has 0 amide bonds. The van der Waals surface area contributed by atoms with Crippen LogP contribution in [0.1, 0.15) is 6.92 Å². The van der Waals surface area contributed by atoms with Gasteiger partial charge in [0, 0.05) is 33.0 Å². The molecule has 0 saturated heterocycles. The second-order valence-corrected chi connectivity index (χ2v) is 4.46. The Morgan fingerprint density at radius 1 is 1.39 bits per heavy atom. The predicted octanol–water partition coefficient (Wildman–Crippen LogP) is 1.80. The standard InChI is InChI=1S/C12H20ClN3O2/c1-9(8-18-3)16(4-5-17-2)12-10(13)6-15-7-11(12)14/h6-7,9H,4-5,8,14H2,1-3H3. The molecular formula is C12H20ClN3O2. The second kappa shape index (κ2) is 7.41. The van der Waals surface area contributed by atoms with Crippen LogP contribution in [0.3, 0.4) is 0 Å². The predicted molar refractivity (Wildman–Crippen MR) is 74.2 cm³/mol. The molecule has 2 N–H and O–H groups in total. The van der Waals surface area contributed by atoms with E-state index in [4.69, 9.17) is 26.8 Å². The number of hydrogen-bond donors (Lipinski definition) is 1. The normalized spacial score (nSPS) is 12.4. The van der Waals surface area contributed by atoms with Crippen LogP contribution in [-0.2, 0) is 9.47 Å². The summed E-state index contributed by atoms with van der Waals surface area (Å²) >= 11 is 6.18. The van der Waals surface area contributed by atoms with Gasteiger partial charge in [-0.2, -0.15) is 0 Å². The molecule has 1 heterocycles. The maximum absolute atomic E-state index is 6.18. The summed E-state index contributed by atoms with van der Waals surface area (Å²) in [6.45, 7) is 3.91. The number of methoxy groups -OCH3 is 2. The highest BCUT2D eigenvalue weighted by atomic mass is 35.5. The van der Waals surface area contributed by atoms with Crippen molar-refractivity contribution >= 4 is 23.0 Å². The number of rotatable bonds is 7. The van der Waals surface area contributed by atoms with Crippen molar-refractivity contribution in [1.29, 1.82) is 0 Å². The van der Waals surface area contributed by atoms with Gasteiger partial charge < -0.3 is 20.1 Å². The van der Waals surface area contributed by atoms with Crippen molar-refractivity contribution in [3.63, 3.8) is 0 Å². The third kappa shape index (κ3) is 3.73. The summed E-state index contributed by atoms with van der Waals surface area (Å²) in [4.78, 5) is 6.04. The zero-order valence-electron chi connectivity index (χ0n) is 11.0. The Morgan fingerprint density at radius 3 is 2.67 bits per heavy atom. The Labute approximate surface area is 113 Å². The molecule has 0 bridgehead atoms. The maximum atomic E-state index is 6.18. The van der Waals surface area contributed by atoms with Crippen molar-refractivity contribution in [2.45, 2.75) is 13.0 Å². The zero-order chi connectivity index (χ0) is 13.5. The van der Waals surface area contributed by atoms with Crippen LogP contribution in [0.5, 0.6) is 0 Å². The quantitative estimate of drug-likeness (QED) is 0.821. The number of aromatic nitrogens is 1. The van der Waals surface area contributed by atoms with Gasteiger partial charge in [-0.15, -0.1) is 0 Å². The zero-order valence-corrected chi connectivity index (χ0v) is 11.8. The lowest BCUT2D eigenvalue weighted by Gasteiger charge is -2.32. The fourth-order valence-corrected chi connectivity index (χ4v) is 2.09. The molecule has 0 aliphatic rings. The first-order chi connectivity index (χ1) is 8.61. The van der Waals surface area contributed by atoms with Gasteiger partial charge in [0.2, 0.25) is 0 Å². The van der Waals surface area contributed by atoms with E-state index < -0.39 is 0 Å². The minimum atomic E-state index is 0.146. The minimum Gasteiger partial charge on any atom is -0.396 e. The molecule has 1 aromatic rings. The molecule has 0 spiro atoms. The van der Waals surface area contributed by atoms with Crippen molar-refractivity contribution in [3.05, 3.63) is 17.4 Å². The van der Waals surface area contributed by atoms with Gasteiger partial charge in [0.1, 0.15) is 0 Å². The van der Waals surface area contributed by atoms with E-state index in [1.807, 2.05) is 0 Å². The molecular weight excluding hydrogens is 254 g/mol. The van der Waals surface area contributed by atoms with E-state index in [0.29, 0.717) is 30.5 Å². The van der Waals surface area contributed by atoms with Gasteiger partial charge in [0.05, 0.1) is 35.8 Å². The Balaban J connectivity index is 3.00. The number of nitrogen functional groups attached to an aromatic ring is 1. The molecule has 0 saturated carbocycles. The Kier molecular flexibility index (Phi) is 6.18. The van der Waals surface area contributed by atoms with Gasteiger partial charge in [-0.05, 0) is 6.92 Å². The van der Waals surface area contributed by atoms with Gasteiger partial charge in [-0.25, -0.2) is 0 Å². The lowest BCUT2D eigenvalue weighted by atomic mass is 10.2. The highest BCUT2D eigenvalue weighted by Crippen LogP contribution is 2.32. The molecule has 102 valence electrons. The van der Waals surface area contributed by atoms with Crippen LogP contribution >= 0.6 is 11.6 Å². The first kappa shape index (κ1) is 15.0. The van der Waals surface area contributed by atoms with Crippen LogP contribution in [0.25, 0.3) is 0 Å². The molecule has 6 heteroatoms. The van der Waals surface area contributed by atoms with E-state index in [1.54, 1.807) is 26.6 Å². The largest absolute Gasteiger partial charge is 0.396 e. The van der Waals surface area contributed by atoms with Crippen molar-refractivity contribution in [1.82, 2.24) is 4.98 Å². The summed E-state index contributed by atoms with van der Waals surface area (Å²) in [7, 11) is 3.33. The van der Waals surface area contributed by atoms with Crippen LogP contribution in [0, 0.1) is 0 Å². The third-order valence-corrected chi connectivity index (χ3v) is 2.94. The summed E-state index contributed by atoms with van der Waals surface area (Å²) in [6.07, 6.45) is 3.19. The van der Waals surface area contributed by atoms with Crippen LogP contribution < -0.4 is 10.6 Å². The molecule has 1 rings (SSSR count). The van der Waals surface area contributed by atoms with Crippen LogP contribution in [0.15, 0.2) is 12.4 Å². The van der Waals surface area contributed by atoms with Crippen molar-refractivity contribution in [2.75, 3.05) is 44.6 Å². The van der Waals surface area contributed by atoms with Crippen LogP contribution in [0.4, 0.5) is 11.4 Å². The van der Waals surface area contributed by atoms with Gasteiger partial charge in [-0.3, -0.25) is 4.98 Å². The summed E-state index contributed by atoms with van der Waals surface area (Å²) in [5.41, 5.74) is 7.30. The number of nitrogens with zero attached hydrogens (tertiary/aromatic N) is 2. The summed E-state index contributed by atoms with van der Waals surface area (Å²) in [5, 5.41) is 0.536. The lowest BCUT2D eigenvalue weighted by Crippen LogP contribution is -2.39.